The lowest BCUT2D eigenvalue weighted by Gasteiger charge is -2.26. The first-order valence-electron chi connectivity index (χ1n) is 32.9. The van der Waals surface area contributed by atoms with Crippen molar-refractivity contribution in [2.24, 2.45) is 0 Å². The smallest absolute Gasteiger partial charge is 0.391 e. The number of nitrogens with one attached hydrogen (secondary N) is 1. The fraction of sp³-hybridized carbons (Fsp3) is 0.704. The van der Waals surface area contributed by atoms with E-state index in [1.165, 1.54) is 141 Å². The highest BCUT2D eigenvalue weighted by Gasteiger charge is 2.28. The summed E-state index contributed by atoms with van der Waals surface area (Å²) in [6.07, 6.45) is 90.0. The second-order valence-electron chi connectivity index (χ2n) is 23.1. The first-order chi connectivity index (χ1) is 39.0. The number of aliphatic hydroxyl groups excluding tert-OH is 1. The third-order valence-electron chi connectivity index (χ3n) is 14.2. The van der Waals surface area contributed by atoms with Crippen LogP contribution in [0.3, 0.4) is 0 Å². The average molecular weight is 1130 g/mol. The van der Waals surface area contributed by atoms with E-state index in [1.807, 2.05) is 21.1 Å². The molecule has 0 aliphatic rings. The van der Waals surface area contributed by atoms with Crippen LogP contribution >= 0.6 is 7.82 Å². The molecule has 0 aromatic heterocycles. The molecule has 0 spiro atoms. The van der Waals surface area contributed by atoms with Crippen molar-refractivity contribution in [1.29, 1.82) is 0 Å². The third kappa shape index (κ3) is 62.5. The number of nitrogens with zero attached hydrogens (tertiary/aromatic N) is 1. The van der Waals surface area contributed by atoms with E-state index in [0.717, 1.165) is 96.3 Å². The van der Waals surface area contributed by atoms with E-state index in [-0.39, 0.29) is 19.1 Å². The van der Waals surface area contributed by atoms with Crippen LogP contribution in [0.2, 0.25) is 0 Å². The number of hydrogen-bond acceptors (Lipinski definition) is 5. The van der Waals surface area contributed by atoms with E-state index in [4.69, 9.17) is 9.05 Å². The fourth-order valence-electron chi connectivity index (χ4n) is 9.13. The summed E-state index contributed by atoms with van der Waals surface area (Å²) in [5, 5.41) is 14.1. The topological polar surface area (TPSA) is 105 Å². The van der Waals surface area contributed by atoms with Gasteiger partial charge in [0.05, 0.1) is 39.9 Å². The van der Waals surface area contributed by atoms with Crippen LogP contribution in [-0.4, -0.2) is 73.4 Å². The SMILES string of the molecule is CC/C=C\C/C=C\C/C=C\C/C=C\C/C=C\C/C=C\C/C=C\C/C=C\C/C=C\C/C=C\CCCCC(=O)NC(COP(=O)(O)OCC[N+](C)(C)C)C(O)CCCCCCCCCCCCCCCCCCCCCCCCCCC. The van der Waals surface area contributed by atoms with Crippen molar-refractivity contribution >= 4 is 13.7 Å². The maximum atomic E-state index is 13.0. The van der Waals surface area contributed by atoms with Gasteiger partial charge in [-0.1, -0.05) is 296 Å². The number of hydrogen-bond donors (Lipinski definition) is 3. The molecule has 0 aromatic carbocycles. The summed E-state index contributed by atoms with van der Waals surface area (Å²) < 4.78 is 23.8. The summed E-state index contributed by atoms with van der Waals surface area (Å²) in [7, 11) is 1.57. The number of likely N-dealkylation sites (N-methyl/N-ethyl adjacent to an activating group) is 1. The zero-order valence-electron chi connectivity index (χ0n) is 52.5. The predicted molar refractivity (Wildman–Crippen MR) is 350 cm³/mol. The zero-order chi connectivity index (χ0) is 58.4. The van der Waals surface area contributed by atoms with Crippen LogP contribution in [0.5, 0.6) is 0 Å². The number of allylic oxidation sites excluding steroid dienone is 20. The number of aliphatic hydroxyl groups is 1. The molecular weight excluding hydrogens is 1010 g/mol. The summed E-state index contributed by atoms with van der Waals surface area (Å²) in [4.78, 5) is 23.4. The third-order valence-corrected chi connectivity index (χ3v) is 15.2. The van der Waals surface area contributed by atoms with Crippen LogP contribution < -0.4 is 5.32 Å². The van der Waals surface area contributed by atoms with Crippen molar-refractivity contribution in [3.8, 4) is 0 Å². The lowest BCUT2D eigenvalue weighted by Crippen LogP contribution is -2.46. The van der Waals surface area contributed by atoms with E-state index in [1.54, 1.807) is 0 Å². The molecule has 0 aromatic rings. The second kappa shape index (κ2) is 60.5. The van der Waals surface area contributed by atoms with Crippen LogP contribution in [0, 0.1) is 0 Å². The van der Waals surface area contributed by atoms with Gasteiger partial charge in [0.1, 0.15) is 13.2 Å². The zero-order valence-corrected chi connectivity index (χ0v) is 53.4. The highest BCUT2D eigenvalue weighted by molar-refractivity contribution is 7.47. The van der Waals surface area contributed by atoms with E-state index < -0.39 is 20.0 Å². The molecule has 80 heavy (non-hydrogen) atoms. The minimum atomic E-state index is -4.35. The van der Waals surface area contributed by atoms with E-state index >= 15 is 0 Å². The molecule has 0 aliphatic carbocycles. The van der Waals surface area contributed by atoms with Crippen molar-refractivity contribution in [2.75, 3.05) is 40.9 Å². The van der Waals surface area contributed by atoms with Gasteiger partial charge in [0.2, 0.25) is 5.91 Å². The number of amides is 1. The Morgan fingerprint density at radius 1 is 0.438 bits per heavy atom. The monoisotopic (exact) mass is 1130 g/mol. The lowest BCUT2D eigenvalue weighted by atomic mass is 10.0. The number of phosphoric acid groups is 1. The minimum Gasteiger partial charge on any atom is -0.391 e. The summed E-state index contributed by atoms with van der Waals surface area (Å²) >= 11 is 0. The number of carbonyl (C=O) groups excluding carboxylic acids is 1. The first-order valence-corrected chi connectivity index (χ1v) is 34.4. The largest absolute Gasteiger partial charge is 0.472 e. The Morgan fingerprint density at radius 2 is 0.750 bits per heavy atom. The Labute approximate surface area is 494 Å². The maximum Gasteiger partial charge on any atom is 0.472 e. The van der Waals surface area contributed by atoms with Crippen LogP contribution in [0.15, 0.2) is 122 Å². The molecule has 0 saturated carbocycles. The summed E-state index contributed by atoms with van der Waals surface area (Å²) in [6, 6.07) is -0.795. The van der Waals surface area contributed by atoms with Gasteiger partial charge in [-0.05, 0) is 89.9 Å². The maximum absolute atomic E-state index is 13.0. The molecule has 460 valence electrons. The Hall–Kier alpha value is -3.10. The van der Waals surface area contributed by atoms with Gasteiger partial charge in [-0.25, -0.2) is 4.57 Å². The van der Waals surface area contributed by atoms with Crippen molar-refractivity contribution in [1.82, 2.24) is 5.32 Å². The normalized spacial score (nSPS) is 14.5. The lowest BCUT2D eigenvalue weighted by molar-refractivity contribution is -0.870. The number of unbranched alkanes of at least 4 members (excludes halogenated alkanes) is 26. The van der Waals surface area contributed by atoms with Crippen LogP contribution in [0.4, 0.5) is 0 Å². The van der Waals surface area contributed by atoms with Crippen molar-refractivity contribution in [3.05, 3.63) is 122 Å². The summed E-state index contributed by atoms with van der Waals surface area (Å²) in [6.45, 7) is 4.75. The molecule has 0 heterocycles. The predicted octanol–water partition coefficient (Wildman–Crippen LogP) is 20.9. The molecule has 0 aliphatic heterocycles. The second-order valence-corrected chi connectivity index (χ2v) is 24.6. The van der Waals surface area contributed by atoms with Gasteiger partial charge in [0.25, 0.3) is 0 Å². The Bertz CT molecular complexity index is 1720. The molecule has 3 N–H and O–H groups in total. The Balaban J connectivity index is 4.24. The summed E-state index contributed by atoms with van der Waals surface area (Å²) in [5.41, 5.74) is 0. The first kappa shape index (κ1) is 76.9. The van der Waals surface area contributed by atoms with Gasteiger partial charge >= 0.3 is 7.82 Å². The molecule has 0 bridgehead atoms. The van der Waals surface area contributed by atoms with E-state index in [9.17, 15) is 19.4 Å². The summed E-state index contributed by atoms with van der Waals surface area (Å²) in [5.74, 6) is -0.188. The van der Waals surface area contributed by atoms with Gasteiger partial charge < -0.3 is 19.8 Å². The van der Waals surface area contributed by atoms with E-state index in [0.29, 0.717) is 30.3 Å². The Morgan fingerprint density at radius 3 is 1.07 bits per heavy atom. The molecular formula is C71H126N2O6P+. The van der Waals surface area contributed by atoms with Gasteiger partial charge in [-0.2, -0.15) is 0 Å². The molecule has 0 radical (unpaired) electrons. The number of phosphoric ester groups is 1. The van der Waals surface area contributed by atoms with Gasteiger partial charge in [-0.3, -0.25) is 13.8 Å². The Kier molecular flexibility index (Phi) is 58.1. The molecule has 0 rings (SSSR count). The molecule has 1 amide bonds. The fourth-order valence-corrected chi connectivity index (χ4v) is 9.87. The quantitative estimate of drug-likeness (QED) is 0.0243. The highest BCUT2D eigenvalue weighted by Crippen LogP contribution is 2.43. The van der Waals surface area contributed by atoms with Crippen molar-refractivity contribution in [2.45, 2.75) is 283 Å². The number of carbonyl (C=O) groups is 1. The molecule has 0 saturated heterocycles. The molecule has 3 unspecified atom stereocenters. The van der Waals surface area contributed by atoms with Crippen LogP contribution in [0.25, 0.3) is 0 Å². The molecule has 0 fully saturated rings. The van der Waals surface area contributed by atoms with Crippen LogP contribution in [0.1, 0.15) is 271 Å². The van der Waals surface area contributed by atoms with Crippen molar-refractivity contribution < 1.29 is 32.9 Å². The van der Waals surface area contributed by atoms with Gasteiger partial charge in [0.15, 0.2) is 0 Å². The van der Waals surface area contributed by atoms with Crippen molar-refractivity contribution in [3.63, 3.8) is 0 Å². The van der Waals surface area contributed by atoms with Crippen LogP contribution in [-0.2, 0) is 18.4 Å². The highest BCUT2D eigenvalue weighted by atomic mass is 31.2. The number of rotatable bonds is 59. The standard InChI is InChI=1S/C71H125N2O6P/c1-6-8-10-12-14-16-18-20-22-24-26-28-30-32-33-34-35-36-37-38-39-41-43-45-47-49-51-53-55-57-59-61-63-65-71(75)72-69(68-79-80(76,77)78-67-66-73(3,4)5)70(74)64-62-60-58-56-54-52-50-48-46-44-42-40-31-29-27-25-23-21-19-17-15-13-11-9-7-2/h8,10,14,16,20,22,26,28,32-33,35-36,38-39,43,45,49,51,55,57,69-70,74H,6-7,9,11-13,15,17-19,21,23-25,27,29-31,34,37,40-42,44,46-48,50,52-54,56,58-68H2,1-5H3,(H-,72,75,76,77)/p+1/b10-8-,16-14-,22-20-,28-26-,33-32-,36-35-,39-38-,45-43-,51-49-,57-55-. The van der Waals surface area contributed by atoms with E-state index in [2.05, 4.69) is 141 Å². The number of quaternary nitrogens is 1. The van der Waals surface area contributed by atoms with Gasteiger partial charge in [-0.15, -0.1) is 0 Å². The van der Waals surface area contributed by atoms with Gasteiger partial charge in [0, 0.05) is 6.42 Å². The minimum absolute atomic E-state index is 0.0598. The molecule has 8 nitrogen and oxygen atoms in total. The average Bonchev–Trinajstić information content (AvgIpc) is 3.42. The molecule has 9 heteroatoms. The molecule has 3 atom stereocenters.